The highest BCUT2D eigenvalue weighted by atomic mass is 19.4. The van der Waals surface area contributed by atoms with Gasteiger partial charge >= 0.3 is 6.18 Å². The number of rotatable bonds is 5. The first-order chi connectivity index (χ1) is 7.27. The predicted octanol–water partition coefficient (Wildman–Crippen LogP) is 4.31. The zero-order valence-electron chi connectivity index (χ0n) is 9.93. The Labute approximate surface area is 94.8 Å². The average molecular weight is 233 g/mol. The van der Waals surface area contributed by atoms with E-state index in [0.29, 0.717) is 6.42 Å². The summed E-state index contributed by atoms with van der Waals surface area (Å²) in [5, 5.41) is 0. The van der Waals surface area contributed by atoms with Crippen LogP contribution in [0.4, 0.5) is 13.2 Å². The Morgan fingerprint density at radius 2 is 2.00 bits per heavy atom. The summed E-state index contributed by atoms with van der Waals surface area (Å²) in [6.07, 6.45) is -0.928. The fraction of sp³-hybridized carbons (Fsp3) is 0.583. The molecule has 0 spiro atoms. The van der Waals surface area contributed by atoms with E-state index in [9.17, 15) is 13.2 Å². The molecule has 0 aromatic carbocycles. The average Bonchev–Trinajstić information content (AvgIpc) is 2.13. The van der Waals surface area contributed by atoms with Crippen molar-refractivity contribution in [1.29, 1.82) is 0 Å². The van der Waals surface area contributed by atoms with Crippen LogP contribution < -0.4 is 0 Å². The Morgan fingerprint density at radius 3 is 2.38 bits per heavy atom. The van der Waals surface area contributed by atoms with Gasteiger partial charge in [-0.25, -0.2) is 0 Å². The minimum atomic E-state index is -4.34. The number of aliphatic imine (C=N–C) groups is 1. The van der Waals surface area contributed by atoms with Gasteiger partial charge < -0.3 is 0 Å². The lowest BCUT2D eigenvalue weighted by Crippen LogP contribution is -2.24. The van der Waals surface area contributed by atoms with Gasteiger partial charge in [0.05, 0.1) is 0 Å². The molecule has 0 bridgehead atoms. The Balaban J connectivity index is 4.71. The fourth-order valence-corrected chi connectivity index (χ4v) is 0.971. The number of halogens is 3. The predicted molar refractivity (Wildman–Crippen MR) is 61.8 cm³/mol. The topological polar surface area (TPSA) is 12.4 Å². The maximum Gasteiger partial charge on any atom is 0.429 e. The summed E-state index contributed by atoms with van der Waals surface area (Å²) in [5.41, 5.74) is 0.00409. The number of nitrogens with zero attached hydrogens (tertiary/aromatic N) is 1. The molecule has 1 nitrogen and oxygen atoms in total. The first kappa shape index (κ1) is 14.9. The number of alkyl halides is 3. The molecule has 4 heteroatoms. The molecule has 0 N–H and O–H groups in total. The van der Waals surface area contributed by atoms with Crippen molar-refractivity contribution < 1.29 is 13.2 Å². The molecule has 0 rings (SSSR count). The first-order valence-corrected chi connectivity index (χ1v) is 5.23. The summed E-state index contributed by atoms with van der Waals surface area (Å²) in [4.78, 5) is 3.67. The van der Waals surface area contributed by atoms with Crippen molar-refractivity contribution in [2.24, 2.45) is 4.99 Å². The van der Waals surface area contributed by atoms with E-state index in [1.54, 1.807) is 19.9 Å². The largest absolute Gasteiger partial charge is 0.429 e. The SMILES string of the molecule is C=C(C)/C=C\CC(=NC(C)CC)C(F)(F)F. The molecule has 0 heterocycles. The van der Waals surface area contributed by atoms with E-state index in [-0.39, 0.29) is 12.5 Å². The van der Waals surface area contributed by atoms with E-state index in [1.807, 2.05) is 6.92 Å². The van der Waals surface area contributed by atoms with Gasteiger partial charge in [0, 0.05) is 12.5 Å². The molecular formula is C12H18F3N. The highest BCUT2D eigenvalue weighted by molar-refractivity contribution is 5.91. The summed E-state index contributed by atoms with van der Waals surface area (Å²) >= 11 is 0. The van der Waals surface area contributed by atoms with Crippen molar-refractivity contribution in [2.45, 2.75) is 45.8 Å². The molecule has 0 fully saturated rings. The maximum atomic E-state index is 12.6. The first-order valence-electron chi connectivity index (χ1n) is 5.23. The van der Waals surface area contributed by atoms with Crippen LogP contribution in [0, 0.1) is 0 Å². The van der Waals surface area contributed by atoms with Gasteiger partial charge in [0.15, 0.2) is 0 Å². The van der Waals surface area contributed by atoms with Crippen molar-refractivity contribution >= 4 is 5.71 Å². The van der Waals surface area contributed by atoms with Crippen molar-refractivity contribution in [3.63, 3.8) is 0 Å². The Kier molecular flexibility index (Phi) is 6.08. The molecule has 16 heavy (non-hydrogen) atoms. The van der Waals surface area contributed by atoms with Crippen LogP contribution >= 0.6 is 0 Å². The molecule has 1 unspecified atom stereocenters. The monoisotopic (exact) mass is 233 g/mol. The minimum Gasteiger partial charge on any atom is -0.281 e. The van der Waals surface area contributed by atoms with Crippen LogP contribution in [0.5, 0.6) is 0 Å². The van der Waals surface area contributed by atoms with Crippen molar-refractivity contribution in [1.82, 2.24) is 0 Å². The lowest BCUT2D eigenvalue weighted by atomic mass is 10.2. The lowest BCUT2D eigenvalue weighted by Gasteiger charge is -2.11. The van der Waals surface area contributed by atoms with E-state index < -0.39 is 11.9 Å². The second-order valence-electron chi connectivity index (χ2n) is 3.78. The molecular weight excluding hydrogens is 215 g/mol. The molecule has 92 valence electrons. The van der Waals surface area contributed by atoms with Crippen LogP contribution in [0.2, 0.25) is 0 Å². The molecule has 0 radical (unpaired) electrons. The Bertz CT molecular complexity index is 287. The van der Waals surface area contributed by atoms with E-state index >= 15 is 0 Å². The highest BCUT2D eigenvalue weighted by Gasteiger charge is 2.34. The minimum absolute atomic E-state index is 0.194. The van der Waals surface area contributed by atoms with E-state index in [1.165, 1.54) is 6.08 Å². The normalized spacial score (nSPS) is 15.5. The molecule has 0 aromatic rings. The maximum absolute atomic E-state index is 12.6. The van der Waals surface area contributed by atoms with Gasteiger partial charge in [-0.15, -0.1) is 0 Å². The molecule has 0 saturated carbocycles. The third-order valence-corrected chi connectivity index (χ3v) is 2.01. The van der Waals surface area contributed by atoms with Crippen LogP contribution in [0.15, 0.2) is 29.3 Å². The van der Waals surface area contributed by atoms with Gasteiger partial charge in [-0.3, -0.25) is 4.99 Å². The summed E-state index contributed by atoms with van der Waals surface area (Å²) in [6, 6.07) is -0.296. The van der Waals surface area contributed by atoms with Crippen LogP contribution in [0.3, 0.4) is 0 Å². The van der Waals surface area contributed by atoms with Crippen LogP contribution in [0.25, 0.3) is 0 Å². The molecule has 0 amide bonds. The van der Waals surface area contributed by atoms with E-state index in [0.717, 1.165) is 5.57 Å². The quantitative estimate of drug-likeness (QED) is 0.495. The smallest absolute Gasteiger partial charge is 0.281 e. The summed E-state index contributed by atoms with van der Waals surface area (Å²) in [6.45, 7) is 8.80. The van der Waals surface area contributed by atoms with E-state index in [4.69, 9.17) is 0 Å². The van der Waals surface area contributed by atoms with Crippen LogP contribution in [-0.2, 0) is 0 Å². The van der Waals surface area contributed by atoms with Crippen LogP contribution in [-0.4, -0.2) is 17.9 Å². The van der Waals surface area contributed by atoms with Gasteiger partial charge in [0.2, 0.25) is 0 Å². The second-order valence-corrected chi connectivity index (χ2v) is 3.78. The van der Waals surface area contributed by atoms with Gasteiger partial charge in [-0.2, -0.15) is 13.2 Å². The van der Waals surface area contributed by atoms with Crippen molar-refractivity contribution in [3.8, 4) is 0 Å². The fourth-order valence-electron chi connectivity index (χ4n) is 0.971. The van der Waals surface area contributed by atoms with Crippen molar-refractivity contribution in [2.75, 3.05) is 0 Å². The van der Waals surface area contributed by atoms with Gasteiger partial charge in [0.25, 0.3) is 0 Å². The standard InChI is InChI=1S/C12H18F3N/c1-5-10(4)16-11(12(13,14)15)8-6-7-9(2)3/h6-7,10H,2,5,8H2,1,3-4H3/b7-6-,16-11?. The zero-order chi connectivity index (χ0) is 12.8. The lowest BCUT2D eigenvalue weighted by molar-refractivity contribution is -0.0603. The Morgan fingerprint density at radius 1 is 1.44 bits per heavy atom. The third kappa shape index (κ3) is 6.43. The van der Waals surface area contributed by atoms with Crippen LogP contribution in [0.1, 0.15) is 33.6 Å². The van der Waals surface area contributed by atoms with Gasteiger partial charge in [-0.05, 0) is 20.3 Å². The highest BCUT2D eigenvalue weighted by Crippen LogP contribution is 2.21. The third-order valence-electron chi connectivity index (χ3n) is 2.01. The number of hydrogen-bond acceptors (Lipinski definition) is 1. The van der Waals surface area contributed by atoms with E-state index in [2.05, 4.69) is 11.6 Å². The molecule has 0 saturated heterocycles. The van der Waals surface area contributed by atoms with Gasteiger partial charge in [0.1, 0.15) is 5.71 Å². The molecule has 0 aromatic heterocycles. The molecule has 0 aliphatic rings. The summed E-state index contributed by atoms with van der Waals surface area (Å²) in [7, 11) is 0. The summed E-state index contributed by atoms with van der Waals surface area (Å²) < 4.78 is 37.7. The summed E-state index contributed by atoms with van der Waals surface area (Å²) in [5.74, 6) is 0. The van der Waals surface area contributed by atoms with Crippen molar-refractivity contribution in [3.05, 3.63) is 24.3 Å². The number of hydrogen-bond donors (Lipinski definition) is 0. The number of allylic oxidation sites excluding steroid dienone is 3. The van der Waals surface area contributed by atoms with Gasteiger partial charge in [-0.1, -0.05) is 31.2 Å². The molecule has 0 aliphatic carbocycles. The molecule has 1 atom stereocenters. The zero-order valence-corrected chi connectivity index (χ0v) is 9.93. The Hall–Kier alpha value is -1.06. The second kappa shape index (κ2) is 6.51. The molecule has 0 aliphatic heterocycles.